The zero-order valence-corrected chi connectivity index (χ0v) is 11.9. The molecule has 0 aliphatic carbocycles. The van der Waals surface area contributed by atoms with Crippen LogP contribution in [-0.4, -0.2) is 38.3 Å². The van der Waals surface area contributed by atoms with Crippen LogP contribution in [0.25, 0.3) is 0 Å². The van der Waals surface area contributed by atoms with Crippen LogP contribution in [0.3, 0.4) is 0 Å². The molecule has 2 rings (SSSR count). The van der Waals surface area contributed by atoms with Gasteiger partial charge in [0, 0.05) is 23.8 Å². The number of halogens is 1. The van der Waals surface area contributed by atoms with Gasteiger partial charge < -0.3 is 11.1 Å². The van der Waals surface area contributed by atoms with Crippen molar-refractivity contribution < 1.29 is 13.2 Å². The molecule has 0 spiro atoms. The lowest BCUT2D eigenvalue weighted by Gasteiger charge is -2.26. The number of benzene rings is 1. The first-order valence-corrected chi connectivity index (χ1v) is 7.46. The van der Waals surface area contributed by atoms with Crippen LogP contribution >= 0.6 is 11.6 Å². The van der Waals surface area contributed by atoms with E-state index in [1.165, 1.54) is 12.1 Å². The number of nitrogen functional groups attached to an aromatic ring is 1. The third kappa shape index (κ3) is 2.68. The third-order valence-corrected chi connectivity index (χ3v) is 5.18. The Bertz CT molecular complexity index is 630. The minimum Gasteiger partial charge on any atom is -0.398 e. The van der Waals surface area contributed by atoms with Crippen molar-refractivity contribution in [1.29, 1.82) is 0 Å². The topological polar surface area (TPSA) is 92.5 Å². The SMILES string of the molecule is Cc1c(N)cc(Cl)cc1S(=O)(=O)N1CCNC(=O)C1. The number of hydrogen-bond donors (Lipinski definition) is 2. The van der Waals surface area contributed by atoms with Crippen LogP contribution in [-0.2, 0) is 14.8 Å². The van der Waals surface area contributed by atoms with Gasteiger partial charge in [0.15, 0.2) is 0 Å². The molecule has 1 fully saturated rings. The Morgan fingerprint density at radius 3 is 2.74 bits per heavy atom. The summed E-state index contributed by atoms with van der Waals surface area (Å²) >= 11 is 5.85. The number of nitrogens with two attached hydrogens (primary N) is 1. The Morgan fingerprint density at radius 1 is 1.42 bits per heavy atom. The van der Waals surface area contributed by atoms with E-state index in [4.69, 9.17) is 17.3 Å². The number of carbonyl (C=O) groups excluding carboxylic acids is 1. The van der Waals surface area contributed by atoms with E-state index in [-0.39, 0.29) is 28.9 Å². The summed E-state index contributed by atoms with van der Waals surface area (Å²) in [5, 5.41) is 2.83. The van der Waals surface area contributed by atoms with E-state index in [1.54, 1.807) is 6.92 Å². The Morgan fingerprint density at radius 2 is 2.11 bits per heavy atom. The van der Waals surface area contributed by atoms with E-state index in [0.717, 1.165) is 4.31 Å². The van der Waals surface area contributed by atoms with E-state index in [1.807, 2.05) is 0 Å². The van der Waals surface area contributed by atoms with Crippen LogP contribution in [0.4, 0.5) is 5.69 Å². The van der Waals surface area contributed by atoms with Crippen molar-refractivity contribution >= 4 is 33.2 Å². The fraction of sp³-hybridized carbons (Fsp3) is 0.364. The molecule has 1 aromatic rings. The number of nitrogens with zero attached hydrogens (tertiary/aromatic N) is 1. The quantitative estimate of drug-likeness (QED) is 0.771. The molecule has 0 aromatic heterocycles. The maximum atomic E-state index is 12.5. The lowest BCUT2D eigenvalue weighted by atomic mass is 10.2. The van der Waals surface area contributed by atoms with Gasteiger partial charge in [-0.3, -0.25) is 4.79 Å². The second-order valence-corrected chi connectivity index (χ2v) is 6.65. The summed E-state index contributed by atoms with van der Waals surface area (Å²) in [6, 6.07) is 2.86. The smallest absolute Gasteiger partial charge is 0.243 e. The summed E-state index contributed by atoms with van der Waals surface area (Å²) in [6.45, 7) is 1.96. The molecule has 8 heteroatoms. The van der Waals surface area contributed by atoms with Gasteiger partial charge in [-0.25, -0.2) is 8.42 Å². The van der Waals surface area contributed by atoms with Gasteiger partial charge in [-0.2, -0.15) is 4.31 Å². The highest BCUT2D eigenvalue weighted by Crippen LogP contribution is 2.28. The largest absolute Gasteiger partial charge is 0.398 e. The minimum absolute atomic E-state index is 0.0483. The van der Waals surface area contributed by atoms with Crippen molar-refractivity contribution in [3.8, 4) is 0 Å². The summed E-state index contributed by atoms with van der Waals surface area (Å²) in [5.41, 5.74) is 6.48. The molecule has 0 unspecified atom stereocenters. The van der Waals surface area contributed by atoms with E-state index in [0.29, 0.717) is 17.8 Å². The number of hydrogen-bond acceptors (Lipinski definition) is 4. The van der Waals surface area contributed by atoms with Gasteiger partial charge in [-0.15, -0.1) is 0 Å². The fourth-order valence-corrected chi connectivity index (χ4v) is 3.87. The van der Waals surface area contributed by atoms with E-state index in [9.17, 15) is 13.2 Å². The predicted molar refractivity (Wildman–Crippen MR) is 72.4 cm³/mol. The van der Waals surface area contributed by atoms with Gasteiger partial charge in [-0.1, -0.05) is 11.6 Å². The average Bonchev–Trinajstić information content (AvgIpc) is 2.33. The van der Waals surface area contributed by atoms with Gasteiger partial charge >= 0.3 is 0 Å². The van der Waals surface area contributed by atoms with Crippen molar-refractivity contribution in [3.63, 3.8) is 0 Å². The third-order valence-electron chi connectivity index (χ3n) is 2.99. The first-order chi connectivity index (χ1) is 8.82. The molecule has 0 bridgehead atoms. The Balaban J connectivity index is 2.47. The summed E-state index contributed by atoms with van der Waals surface area (Å²) in [5.74, 6) is -0.317. The number of amides is 1. The molecule has 1 heterocycles. The molecule has 0 atom stereocenters. The van der Waals surface area contributed by atoms with Crippen molar-refractivity contribution in [2.24, 2.45) is 0 Å². The van der Waals surface area contributed by atoms with Crippen molar-refractivity contribution in [2.75, 3.05) is 25.4 Å². The molecule has 19 heavy (non-hydrogen) atoms. The summed E-state index contributed by atoms with van der Waals surface area (Å²) in [4.78, 5) is 11.4. The molecular formula is C11H14ClN3O3S. The van der Waals surface area contributed by atoms with Gasteiger partial charge in [0.1, 0.15) is 0 Å². The molecule has 0 radical (unpaired) electrons. The Hall–Kier alpha value is -1.31. The first-order valence-electron chi connectivity index (χ1n) is 5.65. The second-order valence-electron chi connectivity index (χ2n) is 4.31. The van der Waals surface area contributed by atoms with Gasteiger partial charge in [0.05, 0.1) is 11.4 Å². The molecule has 1 saturated heterocycles. The summed E-state index contributed by atoms with van der Waals surface area (Å²) in [7, 11) is -3.76. The van der Waals surface area contributed by atoms with E-state index in [2.05, 4.69) is 5.32 Å². The number of nitrogens with one attached hydrogen (secondary N) is 1. The van der Waals surface area contributed by atoms with Crippen LogP contribution < -0.4 is 11.1 Å². The fourth-order valence-electron chi connectivity index (χ4n) is 1.90. The molecule has 3 N–H and O–H groups in total. The highest BCUT2D eigenvalue weighted by Gasteiger charge is 2.30. The number of carbonyl (C=O) groups is 1. The lowest BCUT2D eigenvalue weighted by molar-refractivity contribution is -0.122. The van der Waals surface area contributed by atoms with Gasteiger partial charge in [-0.05, 0) is 24.6 Å². The maximum Gasteiger partial charge on any atom is 0.243 e. The van der Waals surface area contributed by atoms with E-state index >= 15 is 0 Å². The van der Waals surface area contributed by atoms with Crippen molar-refractivity contribution in [1.82, 2.24) is 9.62 Å². The normalized spacial score (nSPS) is 17.3. The molecule has 1 aliphatic heterocycles. The standard InChI is InChI=1S/C11H14ClN3O3S/c1-7-9(13)4-8(12)5-10(7)19(17,18)15-3-2-14-11(16)6-15/h4-5H,2-3,6,13H2,1H3,(H,14,16). The maximum absolute atomic E-state index is 12.5. The molecular weight excluding hydrogens is 290 g/mol. The lowest BCUT2D eigenvalue weighted by Crippen LogP contribution is -2.49. The zero-order chi connectivity index (χ0) is 14.2. The van der Waals surface area contributed by atoms with Gasteiger partial charge in [0.25, 0.3) is 0 Å². The minimum atomic E-state index is -3.76. The molecule has 104 valence electrons. The summed E-state index contributed by atoms with van der Waals surface area (Å²) < 4.78 is 26.1. The molecule has 1 aliphatic rings. The monoisotopic (exact) mass is 303 g/mol. The average molecular weight is 304 g/mol. The number of rotatable bonds is 2. The van der Waals surface area contributed by atoms with Crippen LogP contribution in [0.1, 0.15) is 5.56 Å². The number of sulfonamides is 1. The van der Waals surface area contributed by atoms with Crippen LogP contribution in [0.15, 0.2) is 17.0 Å². The second kappa shape index (κ2) is 4.99. The van der Waals surface area contributed by atoms with E-state index < -0.39 is 10.0 Å². The molecule has 1 amide bonds. The van der Waals surface area contributed by atoms with Crippen LogP contribution in [0, 0.1) is 6.92 Å². The Labute approximate surface area is 116 Å². The summed E-state index contributed by atoms with van der Waals surface area (Å²) in [6.07, 6.45) is 0. The highest BCUT2D eigenvalue weighted by molar-refractivity contribution is 7.89. The molecule has 6 nitrogen and oxygen atoms in total. The van der Waals surface area contributed by atoms with Crippen molar-refractivity contribution in [3.05, 3.63) is 22.7 Å². The number of piperazine rings is 1. The molecule has 1 aromatic carbocycles. The molecule has 0 saturated carbocycles. The van der Waals surface area contributed by atoms with Crippen LogP contribution in [0.5, 0.6) is 0 Å². The van der Waals surface area contributed by atoms with Crippen LogP contribution in [0.2, 0.25) is 5.02 Å². The zero-order valence-electron chi connectivity index (χ0n) is 10.3. The predicted octanol–water partition coefficient (Wildman–Crippen LogP) is 0.351. The highest BCUT2D eigenvalue weighted by atomic mass is 35.5. The Kier molecular flexibility index (Phi) is 3.71. The first kappa shape index (κ1) is 14.1. The van der Waals surface area contributed by atoms with Gasteiger partial charge in [0.2, 0.25) is 15.9 Å². The van der Waals surface area contributed by atoms with Crippen molar-refractivity contribution in [2.45, 2.75) is 11.8 Å². The number of anilines is 1.